The maximum absolute atomic E-state index is 3.33. The van der Waals surface area contributed by atoms with Gasteiger partial charge >= 0.3 is 0 Å². The maximum atomic E-state index is 3.33. The minimum absolute atomic E-state index is 0.609. The molecule has 12 heavy (non-hydrogen) atoms. The highest BCUT2D eigenvalue weighted by Gasteiger charge is 2.36. The zero-order valence-corrected chi connectivity index (χ0v) is 9.48. The first-order valence-corrected chi connectivity index (χ1v) is 5.57. The Morgan fingerprint density at radius 2 is 2.00 bits per heavy atom. The largest absolute Gasteiger partial charge is 0.316 e. The summed E-state index contributed by atoms with van der Waals surface area (Å²) >= 11 is 2.08. The standard InChI is InChI=1S/C9H20N2S/c1-6(10-4)9-7(2)11(5)8(3)12-9/h6-10H,1-5H3. The van der Waals surface area contributed by atoms with Gasteiger partial charge in [-0.1, -0.05) is 0 Å². The van der Waals surface area contributed by atoms with Crippen molar-refractivity contribution in [1.29, 1.82) is 0 Å². The Balaban J connectivity index is 2.58. The van der Waals surface area contributed by atoms with Crippen molar-refractivity contribution in [1.82, 2.24) is 10.2 Å². The van der Waals surface area contributed by atoms with Crippen LogP contribution in [0.1, 0.15) is 20.8 Å². The predicted molar refractivity (Wildman–Crippen MR) is 56.6 cm³/mol. The topological polar surface area (TPSA) is 15.3 Å². The SMILES string of the molecule is CNC(C)C1SC(C)N(C)C1C. The molecule has 0 aliphatic carbocycles. The van der Waals surface area contributed by atoms with Gasteiger partial charge in [0.05, 0.1) is 5.37 Å². The fraction of sp³-hybridized carbons (Fsp3) is 1.00. The molecule has 0 aromatic heterocycles. The summed E-state index contributed by atoms with van der Waals surface area (Å²) in [5.74, 6) is 0. The molecule has 1 aliphatic rings. The van der Waals surface area contributed by atoms with E-state index in [9.17, 15) is 0 Å². The molecular weight excluding hydrogens is 168 g/mol. The van der Waals surface area contributed by atoms with Crippen LogP contribution >= 0.6 is 11.8 Å². The van der Waals surface area contributed by atoms with Gasteiger partial charge in [-0.15, -0.1) is 11.8 Å². The van der Waals surface area contributed by atoms with Gasteiger partial charge in [-0.2, -0.15) is 0 Å². The molecule has 0 aromatic rings. The van der Waals surface area contributed by atoms with Gasteiger partial charge in [0, 0.05) is 17.3 Å². The molecule has 4 atom stereocenters. The number of hydrogen-bond acceptors (Lipinski definition) is 3. The molecule has 0 saturated carbocycles. The molecular formula is C9H20N2S. The summed E-state index contributed by atoms with van der Waals surface area (Å²) in [4.78, 5) is 2.45. The van der Waals surface area contributed by atoms with Crippen LogP contribution in [0.2, 0.25) is 0 Å². The van der Waals surface area contributed by atoms with E-state index in [0.29, 0.717) is 17.5 Å². The highest BCUT2D eigenvalue weighted by Crippen LogP contribution is 2.35. The van der Waals surface area contributed by atoms with Crippen molar-refractivity contribution in [3.63, 3.8) is 0 Å². The molecule has 0 amide bonds. The quantitative estimate of drug-likeness (QED) is 0.705. The van der Waals surface area contributed by atoms with E-state index in [1.54, 1.807) is 0 Å². The van der Waals surface area contributed by atoms with Crippen LogP contribution in [0.15, 0.2) is 0 Å². The molecule has 2 nitrogen and oxygen atoms in total. The van der Waals surface area contributed by atoms with Crippen LogP contribution in [-0.4, -0.2) is 41.7 Å². The Hall–Kier alpha value is 0.270. The molecule has 3 heteroatoms. The third-order valence-electron chi connectivity index (χ3n) is 2.99. The number of rotatable bonds is 2. The van der Waals surface area contributed by atoms with Crippen molar-refractivity contribution in [2.45, 2.75) is 43.5 Å². The minimum Gasteiger partial charge on any atom is -0.316 e. The predicted octanol–water partition coefficient (Wildman–Crippen LogP) is 1.38. The Kier molecular flexibility index (Phi) is 3.44. The lowest BCUT2D eigenvalue weighted by Crippen LogP contribution is -2.41. The van der Waals surface area contributed by atoms with E-state index >= 15 is 0 Å². The van der Waals surface area contributed by atoms with Crippen LogP contribution in [0.3, 0.4) is 0 Å². The number of nitrogens with zero attached hydrogens (tertiary/aromatic N) is 1. The summed E-state index contributed by atoms with van der Waals surface area (Å²) in [6, 6.07) is 1.30. The van der Waals surface area contributed by atoms with E-state index in [-0.39, 0.29) is 0 Å². The molecule has 0 bridgehead atoms. The molecule has 72 valence electrons. The van der Waals surface area contributed by atoms with E-state index < -0.39 is 0 Å². The van der Waals surface area contributed by atoms with Crippen LogP contribution in [-0.2, 0) is 0 Å². The van der Waals surface area contributed by atoms with Crippen molar-refractivity contribution < 1.29 is 0 Å². The summed E-state index contributed by atoms with van der Waals surface area (Å²) in [5, 5.41) is 4.73. The fourth-order valence-electron chi connectivity index (χ4n) is 1.70. The molecule has 1 rings (SSSR count). The monoisotopic (exact) mass is 188 g/mol. The normalized spacial score (nSPS) is 40.2. The second-order valence-corrected chi connectivity index (χ2v) is 5.18. The number of nitrogens with one attached hydrogen (secondary N) is 1. The van der Waals surface area contributed by atoms with E-state index in [1.807, 2.05) is 7.05 Å². The van der Waals surface area contributed by atoms with E-state index in [4.69, 9.17) is 0 Å². The summed E-state index contributed by atoms with van der Waals surface area (Å²) in [7, 11) is 4.26. The minimum atomic E-state index is 0.609. The molecule has 1 fully saturated rings. The third kappa shape index (κ3) is 1.78. The van der Waals surface area contributed by atoms with Gasteiger partial charge in [0.15, 0.2) is 0 Å². The van der Waals surface area contributed by atoms with Crippen molar-refractivity contribution in [2.24, 2.45) is 0 Å². The van der Waals surface area contributed by atoms with Gasteiger partial charge in [0.25, 0.3) is 0 Å². The molecule has 0 radical (unpaired) electrons. The average molecular weight is 188 g/mol. The molecule has 4 unspecified atom stereocenters. The zero-order chi connectivity index (χ0) is 9.30. The Labute approximate surface area is 80.1 Å². The molecule has 1 saturated heterocycles. The molecule has 0 spiro atoms. The molecule has 1 aliphatic heterocycles. The molecule has 1 N–H and O–H groups in total. The van der Waals surface area contributed by atoms with E-state index in [1.165, 1.54) is 0 Å². The highest BCUT2D eigenvalue weighted by molar-refractivity contribution is 8.00. The molecule has 0 aromatic carbocycles. The Morgan fingerprint density at radius 3 is 2.33 bits per heavy atom. The van der Waals surface area contributed by atoms with Crippen molar-refractivity contribution >= 4 is 11.8 Å². The second kappa shape index (κ2) is 3.99. The van der Waals surface area contributed by atoms with Gasteiger partial charge in [-0.05, 0) is 34.9 Å². The van der Waals surface area contributed by atoms with Gasteiger partial charge in [0.1, 0.15) is 0 Å². The lowest BCUT2D eigenvalue weighted by atomic mass is 10.1. The first-order chi connectivity index (χ1) is 5.57. The van der Waals surface area contributed by atoms with E-state index in [0.717, 1.165) is 5.25 Å². The smallest absolute Gasteiger partial charge is 0.0532 e. The van der Waals surface area contributed by atoms with Gasteiger partial charge in [-0.3, -0.25) is 4.90 Å². The van der Waals surface area contributed by atoms with Crippen molar-refractivity contribution in [3.05, 3.63) is 0 Å². The van der Waals surface area contributed by atoms with Crippen LogP contribution in [0.4, 0.5) is 0 Å². The summed E-state index contributed by atoms with van der Waals surface area (Å²) < 4.78 is 0. The third-order valence-corrected chi connectivity index (χ3v) is 4.84. The summed E-state index contributed by atoms with van der Waals surface area (Å²) in [5.41, 5.74) is 0. The highest BCUT2D eigenvalue weighted by atomic mass is 32.2. The Morgan fingerprint density at radius 1 is 1.42 bits per heavy atom. The first kappa shape index (κ1) is 10.4. The van der Waals surface area contributed by atoms with Crippen LogP contribution in [0.5, 0.6) is 0 Å². The van der Waals surface area contributed by atoms with Crippen molar-refractivity contribution in [2.75, 3.05) is 14.1 Å². The summed E-state index contributed by atoms with van der Waals surface area (Å²) in [6.07, 6.45) is 0. The number of hydrogen-bond donors (Lipinski definition) is 1. The number of thioether (sulfide) groups is 1. The molecule has 1 heterocycles. The lowest BCUT2D eigenvalue weighted by Gasteiger charge is -2.24. The van der Waals surface area contributed by atoms with Gasteiger partial charge in [-0.25, -0.2) is 0 Å². The average Bonchev–Trinajstić information content (AvgIpc) is 2.32. The van der Waals surface area contributed by atoms with Gasteiger partial charge < -0.3 is 5.32 Å². The van der Waals surface area contributed by atoms with E-state index in [2.05, 4.69) is 49.8 Å². The van der Waals surface area contributed by atoms with Crippen LogP contribution in [0, 0.1) is 0 Å². The maximum Gasteiger partial charge on any atom is 0.0532 e. The zero-order valence-electron chi connectivity index (χ0n) is 8.66. The van der Waals surface area contributed by atoms with Crippen LogP contribution < -0.4 is 5.32 Å². The van der Waals surface area contributed by atoms with Gasteiger partial charge in [0.2, 0.25) is 0 Å². The fourth-order valence-corrected chi connectivity index (χ4v) is 3.33. The summed E-state index contributed by atoms with van der Waals surface area (Å²) in [6.45, 7) is 6.86. The van der Waals surface area contributed by atoms with Crippen molar-refractivity contribution in [3.8, 4) is 0 Å². The first-order valence-electron chi connectivity index (χ1n) is 4.62. The lowest BCUT2D eigenvalue weighted by molar-refractivity contribution is 0.258. The second-order valence-electron chi connectivity index (χ2n) is 3.68. The van der Waals surface area contributed by atoms with Crippen LogP contribution in [0.25, 0.3) is 0 Å². The Bertz CT molecular complexity index is 151.